The predicted molar refractivity (Wildman–Crippen MR) is 97.0 cm³/mol. The highest BCUT2D eigenvalue weighted by atomic mass is 35.5. The SMILES string of the molecule is COc1ccc(NC(=S)NC(C)c2ccccc2C)cc1Cl. The summed E-state index contributed by atoms with van der Waals surface area (Å²) >= 11 is 11.5. The number of rotatable bonds is 4. The summed E-state index contributed by atoms with van der Waals surface area (Å²) in [6, 6.07) is 13.8. The standard InChI is InChI=1S/C17H19ClN2OS/c1-11-6-4-5-7-14(11)12(2)19-17(22)20-13-8-9-16(21-3)15(18)10-13/h4-10,12H,1-3H3,(H2,19,20,22). The number of ether oxygens (including phenoxy) is 1. The van der Waals surface area contributed by atoms with Gasteiger partial charge in [-0.05, 0) is 55.4 Å². The number of nitrogens with one attached hydrogen (secondary N) is 2. The largest absolute Gasteiger partial charge is 0.495 e. The highest BCUT2D eigenvalue weighted by molar-refractivity contribution is 7.80. The molecule has 0 aliphatic carbocycles. The minimum atomic E-state index is 0.120. The van der Waals surface area contributed by atoms with Crippen molar-refractivity contribution in [2.75, 3.05) is 12.4 Å². The van der Waals surface area contributed by atoms with Gasteiger partial charge in [0.15, 0.2) is 5.11 Å². The lowest BCUT2D eigenvalue weighted by Gasteiger charge is -2.19. The van der Waals surface area contributed by atoms with Crippen LogP contribution in [-0.4, -0.2) is 12.2 Å². The zero-order chi connectivity index (χ0) is 16.1. The molecule has 0 fully saturated rings. The van der Waals surface area contributed by atoms with Crippen LogP contribution in [0.1, 0.15) is 24.1 Å². The number of benzene rings is 2. The second kappa shape index (κ2) is 7.47. The maximum absolute atomic E-state index is 6.11. The lowest BCUT2D eigenvalue weighted by Crippen LogP contribution is -2.31. The average molecular weight is 335 g/mol. The smallest absolute Gasteiger partial charge is 0.171 e. The van der Waals surface area contributed by atoms with Crippen molar-refractivity contribution in [3.8, 4) is 5.75 Å². The Balaban J connectivity index is 2.01. The Hall–Kier alpha value is -1.78. The van der Waals surface area contributed by atoms with Crippen LogP contribution in [0.3, 0.4) is 0 Å². The molecule has 2 aromatic carbocycles. The fraction of sp³-hybridized carbons (Fsp3) is 0.235. The van der Waals surface area contributed by atoms with Gasteiger partial charge in [0, 0.05) is 5.69 Å². The number of anilines is 1. The molecule has 0 spiro atoms. The maximum Gasteiger partial charge on any atom is 0.171 e. The van der Waals surface area contributed by atoms with Crippen molar-refractivity contribution in [1.29, 1.82) is 0 Å². The first kappa shape index (κ1) is 16.6. The highest BCUT2D eigenvalue weighted by Gasteiger charge is 2.10. The summed E-state index contributed by atoms with van der Waals surface area (Å²) in [5.74, 6) is 0.638. The van der Waals surface area contributed by atoms with E-state index in [4.69, 9.17) is 28.6 Å². The van der Waals surface area contributed by atoms with Crippen LogP contribution < -0.4 is 15.4 Å². The van der Waals surface area contributed by atoms with Gasteiger partial charge in [-0.2, -0.15) is 0 Å². The number of halogens is 1. The molecular formula is C17H19ClN2OS. The average Bonchev–Trinajstić information content (AvgIpc) is 2.47. The Morgan fingerprint density at radius 1 is 1.23 bits per heavy atom. The van der Waals surface area contributed by atoms with E-state index in [1.54, 1.807) is 19.2 Å². The van der Waals surface area contributed by atoms with Gasteiger partial charge in [-0.1, -0.05) is 35.9 Å². The summed E-state index contributed by atoms with van der Waals surface area (Å²) < 4.78 is 5.13. The number of thiocarbonyl (C=S) groups is 1. The van der Waals surface area contributed by atoms with Gasteiger partial charge >= 0.3 is 0 Å². The topological polar surface area (TPSA) is 33.3 Å². The van der Waals surface area contributed by atoms with E-state index in [0.717, 1.165) is 5.69 Å². The molecule has 0 heterocycles. The molecule has 0 amide bonds. The molecule has 3 nitrogen and oxygen atoms in total. The summed E-state index contributed by atoms with van der Waals surface area (Å²) in [7, 11) is 1.59. The Morgan fingerprint density at radius 2 is 1.95 bits per heavy atom. The van der Waals surface area contributed by atoms with Gasteiger partial charge in [0.05, 0.1) is 18.2 Å². The molecule has 1 unspecified atom stereocenters. The van der Waals surface area contributed by atoms with Crippen molar-refractivity contribution in [3.63, 3.8) is 0 Å². The Morgan fingerprint density at radius 3 is 2.59 bits per heavy atom. The van der Waals surface area contributed by atoms with Crippen molar-refractivity contribution in [3.05, 3.63) is 58.6 Å². The van der Waals surface area contributed by atoms with E-state index in [1.807, 2.05) is 18.2 Å². The maximum atomic E-state index is 6.11. The molecule has 2 rings (SSSR count). The Kier molecular flexibility index (Phi) is 5.63. The van der Waals surface area contributed by atoms with E-state index >= 15 is 0 Å². The molecule has 0 bridgehead atoms. The molecule has 0 aromatic heterocycles. The molecule has 0 aliphatic rings. The lowest BCUT2D eigenvalue weighted by molar-refractivity contribution is 0.415. The third kappa shape index (κ3) is 4.12. The van der Waals surface area contributed by atoms with Crippen LogP contribution >= 0.6 is 23.8 Å². The molecule has 0 radical (unpaired) electrons. The second-order valence-corrected chi connectivity index (χ2v) is 5.84. The molecular weight excluding hydrogens is 316 g/mol. The van der Waals surface area contributed by atoms with Crippen molar-refractivity contribution in [1.82, 2.24) is 5.32 Å². The van der Waals surface area contributed by atoms with Gasteiger partial charge in [-0.15, -0.1) is 0 Å². The van der Waals surface area contributed by atoms with E-state index in [9.17, 15) is 0 Å². The summed E-state index contributed by atoms with van der Waals surface area (Å²) in [6.45, 7) is 4.17. The highest BCUT2D eigenvalue weighted by Crippen LogP contribution is 2.27. The Labute approximate surface area is 141 Å². The van der Waals surface area contributed by atoms with Crippen LogP contribution in [0.15, 0.2) is 42.5 Å². The third-order valence-corrected chi connectivity index (χ3v) is 3.93. The number of hydrogen-bond donors (Lipinski definition) is 2. The lowest BCUT2D eigenvalue weighted by atomic mass is 10.0. The first-order chi connectivity index (χ1) is 10.5. The molecule has 2 aromatic rings. The van der Waals surface area contributed by atoms with Crippen molar-refractivity contribution in [2.24, 2.45) is 0 Å². The van der Waals surface area contributed by atoms with Crippen LogP contribution in [0.5, 0.6) is 5.75 Å². The predicted octanol–water partition coefficient (Wildman–Crippen LogP) is 4.70. The monoisotopic (exact) mass is 334 g/mol. The zero-order valence-corrected chi connectivity index (χ0v) is 14.4. The fourth-order valence-corrected chi connectivity index (χ4v) is 2.81. The molecule has 0 aliphatic heterocycles. The number of methoxy groups -OCH3 is 1. The summed E-state index contributed by atoms with van der Waals surface area (Å²) in [6.07, 6.45) is 0. The minimum Gasteiger partial charge on any atom is -0.495 e. The van der Waals surface area contributed by atoms with Crippen LogP contribution in [0.2, 0.25) is 5.02 Å². The molecule has 5 heteroatoms. The van der Waals surface area contributed by atoms with E-state index in [-0.39, 0.29) is 6.04 Å². The second-order valence-electron chi connectivity index (χ2n) is 5.03. The van der Waals surface area contributed by atoms with Crippen LogP contribution in [0, 0.1) is 6.92 Å². The van der Waals surface area contributed by atoms with Crippen molar-refractivity contribution < 1.29 is 4.74 Å². The first-order valence-electron chi connectivity index (χ1n) is 6.98. The van der Waals surface area contributed by atoms with Gasteiger partial charge in [0.2, 0.25) is 0 Å². The van der Waals surface area contributed by atoms with E-state index in [0.29, 0.717) is 15.9 Å². The summed E-state index contributed by atoms with van der Waals surface area (Å²) in [5.41, 5.74) is 3.28. The molecule has 22 heavy (non-hydrogen) atoms. The van der Waals surface area contributed by atoms with E-state index in [1.165, 1.54) is 11.1 Å². The van der Waals surface area contributed by atoms with Crippen molar-refractivity contribution in [2.45, 2.75) is 19.9 Å². The van der Waals surface area contributed by atoms with E-state index < -0.39 is 0 Å². The van der Waals surface area contributed by atoms with E-state index in [2.05, 4.69) is 36.6 Å². The van der Waals surface area contributed by atoms with Gasteiger partial charge < -0.3 is 15.4 Å². The molecule has 2 N–H and O–H groups in total. The molecule has 116 valence electrons. The van der Waals surface area contributed by atoms with Crippen molar-refractivity contribution >= 4 is 34.6 Å². The number of aryl methyl sites for hydroxylation is 1. The number of hydrogen-bond acceptors (Lipinski definition) is 2. The quantitative estimate of drug-likeness (QED) is 0.794. The third-order valence-electron chi connectivity index (χ3n) is 3.41. The normalized spacial score (nSPS) is 11.6. The van der Waals surface area contributed by atoms with Gasteiger partial charge in [0.25, 0.3) is 0 Å². The Bertz CT molecular complexity index is 675. The van der Waals surface area contributed by atoms with Gasteiger partial charge in [-0.3, -0.25) is 0 Å². The molecule has 0 saturated heterocycles. The minimum absolute atomic E-state index is 0.120. The molecule has 0 saturated carbocycles. The van der Waals surface area contributed by atoms with Crippen LogP contribution in [0.25, 0.3) is 0 Å². The summed E-state index contributed by atoms with van der Waals surface area (Å²) in [5, 5.41) is 7.51. The van der Waals surface area contributed by atoms with Crippen LogP contribution in [0.4, 0.5) is 5.69 Å². The first-order valence-corrected chi connectivity index (χ1v) is 7.76. The van der Waals surface area contributed by atoms with Crippen LogP contribution in [-0.2, 0) is 0 Å². The summed E-state index contributed by atoms with van der Waals surface area (Å²) in [4.78, 5) is 0. The zero-order valence-electron chi connectivity index (χ0n) is 12.8. The van der Waals surface area contributed by atoms with Gasteiger partial charge in [-0.25, -0.2) is 0 Å². The molecule has 1 atom stereocenters. The van der Waals surface area contributed by atoms with Gasteiger partial charge in [0.1, 0.15) is 5.75 Å². The fourth-order valence-electron chi connectivity index (χ4n) is 2.26.